The van der Waals surface area contributed by atoms with E-state index in [0.717, 1.165) is 19.4 Å². The van der Waals surface area contributed by atoms with Gasteiger partial charge in [-0.1, -0.05) is 19.0 Å². The Morgan fingerprint density at radius 3 is 2.87 bits per heavy atom. The number of nitrogens with two attached hydrogens (primary N) is 1. The maximum atomic E-state index is 8.60. The molecule has 1 aromatic rings. The minimum Gasteiger partial charge on any atom is -0.409 e. The van der Waals surface area contributed by atoms with Crippen LogP contribution in [0.25, 0.3) is 0 Å². The second-order valence-electron chi connectivity index (χ2n) is 4.27. The number of rotatable bonds is 5. The third-order valence-corrected chi connectivity index (χ3v) is 2.58. The molecule has 0 saturated carbocycles. The van der Waals surface area contributed by atoms with Gasteiger partial charge in [0.25, 0.3) is 0 Å². The molecule has 0 radical (unpaired) electrons. The van der Waals surface area contributed by atoms with Crippen molar-refractivity contribution >= 4 is 5.84 Å². The molecule has 84 valence electrons. The summed E-state index contributed by atoms with van der Waals surface area (Å²) in [5.74, 6) is 0.285. The van der Waals surface area contributed by atoms with E-state index in [4.69, 9.17) is 10.9 Å². The summed E-state index contributed by atoms with van der Waals surface area (Å²) in [7, 11) is 0. The lowest BCUT2D eigenvalue weighted by Crippen LogP contribution is -2.32. The van der Waals surface area contributed by atoms with Crippen LogP contribution in [-0.2, 0) is 6.54 Å². The Morgan fingerprint density at radius 2 is 2.33 bits per heavy atom. The van der Waals surface area contributed by atoms with Crippen molar-refractivity contribution in [2.75, 3.05) is 0 Å². The number of amidine groups is 1. The Labute approximate surface area is 89.6 Å². The van der Waals surface area contributed by atoms with Crippen LogP contribution in [0.2, 0.25) is 0 Å². The standard InChI is InChI=1S/C10H18N4O/c1-10(2,9(11)13-15)4-3-6-14-7-5-12-8-14/h5,7-8,15H,3-4,6H2,1-2H3,(H2,11,13). The largest absolute Gasteiger partial charge is 0.409 e. The highest BCUT2D eigenvalue weighted by Gasteiger charge is 2.22. The number of imidazole rings is 1. The average Bonchev–Trinajstić information content (AvgIpc) is 2.69. The molecular weight excluding hydrogens is 192 g/mol. The Bertz CT molecular complexity index is 316. The van der Waals surface area contributed by atoms with E-state index >= 15 is 0 Å². The van der Waals surface area contributed by atoms with Gasteiger partial charge in [0.2, 0.25) is 0 Å². The van der Waals surface area contributed by atoms with Crippen molar-refractivity contribution in [1.82, 2.24) is 9.55 Å². The Kier molecular flexibility index (Phi) is 3.71. The molecule has 3 N–H and O–H groups in total. The fourth-order valence-corrected chi connectivity index (χ4v) is 1.39. The first-order valence-electron chi connectivity index (χ1n) is 5.00. The van der Waals surface area contributed by atoms with Crippen LogP contribution in [0.1, 0.15) is 26.7 Å². The molecule has 1 heterocycles. The van der Waals surface area contributed by atoms with Gasteiger partial charge >= 0.3 is 0 Å². The SMILES string of the molecule is CC(C)(CCCn1ccnc1)C(N)=NO. The van der Waals surface area contributed by atoms with Crippen LogP contribution in [0.3, 0.4) is 0 Å². The fourth-order valence-electron chi connectivity index (χ4n) is 1.39. The van der Waals surface area contributed by atoms with Gasteiger partial charge in [-0.15, -0.1) is 0 Å². The number of aromatic nitrogens is 2. The fraction of sp³-hybridized carbons (Fsp3) is 0.600. The second-order valence-corrected chi connectivity index (χ2v) is 4.27. The molecule has 1 rings (SSSR count). The number of oxime groups is 1. The summed E-state index contributed by atoms with van der Waals surface area (Å²) >= 11 is 0. The van der Waals surface area contributed by atoms with Gasteiger partial charge in [0.05, 0.1) is 6.33 Å². The molecule has 0 aliphatic rings. The first-order chi connectivity index (χ1) is 7.06. The van der Waals surface area contributed by atoms with E-state index in [2.05, 4.69) is 10.1 Å². The number of aryl methyl sites for hydroxylation is 1. The van der Waals surface area contributed by atoms with Crippen LogP contribution in [-0.4, -0.2) is 20.6 Å². The zero-order valence-electron chi connectivity index (χ0n) is 9.22. The van der Waals surface area contributed by atoms with Crippen molar-refractivity contribution in [3.8, 4) is 0 Å². The molecule has 1 aromatic heterocycles. The predicted octanol–water partition coefficient (Wildman–Crippen LogP) is 1.44. The molecule has 15 heavy (non-hydrogen) atoms. The predicted molar refractivity (Wildman–Crippen MR) is 58.7 cm³/mol. The molecule has 0 unspecified atom stereocenters. The minimum absolute atomic E-state index is 0.255. The van der Waals surface area contributed by atoms with Crippen LogP contribution in [0.15, 0.2) is 23.9 Å². The molecule has 5 heteroatoms. The van der Waals surface area contributed by atoms with Gasteiger partial charge in [0.15, 0.2) is 0 Å². The molecule has 0 atom stereocenters. The number of hydrogen-bond acceptors (Lipinski definition) is 3. The smallest absolute Gasteiger partial charge is 0.144 e. The van der Waals surface area contributed by atoms with Crippen LogP contribution in [0, 0.1) is 5.41 Å². The Morgan fingerprint density at radius 1 is 1.60 bits per heavy atom. The summed E-state index contributed by atoms with van der Waals surface area (Å²) in [5.41, 5.74) is 5.34. The number of hydrogen-bond donors (Lipinski definition) is 2. The first-order valence-corrected chi connectivity index (χ1v) is 5.00. The molecule has 5 nitrogen and oxygen atoms in total. The van der Waals surface area contributed by atoms with Gasteiger partial charge < -0.3 is 15.5 Å². The van der Waals surface area contributed by atoms with E-state index < -0.39 is 0 Å². The maximum absolute atomic E-state index is 8.60. The lowest BCUT2D eigenvalue weighted by atomic mass is 9.86. The van der Waals surface area contributed by atoms with E-state index in [1.54, 1.807) is 12.5 Å². The number of nitrogens with zero attached hydrogens (tertiary/aromatic N) is 3. The summed E-state index contributed by atoms with van der Waals surface area (Å²) in [5, 5.41) is 11.7. The van der Waals surface area contributed by atoms with Gasteiger partial charge in [0.1, 0.15) is 5.84 Å². The van der Waals surface area contributed by atoms with Crippen LogP contribution >= 0.6 is 0 Å². The van der Waals surface area contributed by atoms with Crippen molar-refractivity contribution < 1.29 is 5.21 Å². The highest BCUT2D eigenvalue weighted by molar-refractivity contribution is 5.85. The van der Waals surface area contributed by atoms with E-state index in [0.29, 0.717) is 0 Å². The molecule has 0 bridgehead atoms. The van der Waals surface area contributed by atoms with Crippen LogP contribution < -0.4 is 5.73 Å². The second kappa shape index (κ2) is 4.82. The molecular formula is C10H18N4O. The Balaban J connectivity index is 2.37. The molecule has 0 aliphatic carbocycles. The third-order valence-electron chi connectivity index (χ3n) is 2.58. The quantitative estimate of drug-likeness (QED) is 0.334. The van der Waals surface area contributed by atoms with Crippen molar-refractivity contribution in [3.63, 3.8) is 0 Å². The zero-order chi connectivity index (χ0) is 11.3. The maximum Gasteiger partial charge on any atom is 0.144 e. The minimum atomic E-state index is -0.255. The third kappa shape index (κ3) is 3.27. The van der Waals surface area contributed by atoms with Gasteiger partial charge in [0, 0.05) is 24.4 Å². The van der Waals surface area contributed by atoms with Crippen LogP contribution in [0.5, 0.6) is 0 Å². The van der Waals surface area contributed by atoms with E-state index in [-0.39, 0.29) is 11.3 Å². The van der Waals surface area contributed by atoms with Crippen LogP contribution in [0.4, 0.5) is 0 Å². The summed E-state index contributed by atoms with van der Waals surface area (Å²) < 4.78 is 2.02. The van der Waals surface area contributed by atoms with Gasteiger partial charge in [-0.25, -0.2) is 4.98 Å². The molecule has 0 aromatic carbocycles. The topological polar surface area (TPSA) is 76.4 Å². The van der Waals surface area contributed by atoms with E-state index in [9.17, 15) is 0 Å². The molecule has 0 spiro atoms. The van der Waals surface area contributed by atoms with Crippen molar-refractivity contribution in [2.24, 2.45) is 16.3 Å². The van der Waals surface area contributed by atoms with Crippen molar-refractivity contribution in [2.45, 2.75) is 33.2 Å². The average molecular weight is 210 g/mol. The molecule has 0 fully saturated rings. The monoisotopic (exact) mass is 210 g/mol. The summed E-state index contributed by atoms with van der Waals surface area (Å²) in [6.07, 6.45) is 7.32. The van der Waals surface area contributed by atoms with Gasteiger partial charge in [-0.2, -0.15) is 0 Å². The lowest BCUT2D eigenvalue weighted by molar-refractivity contribution is 0.304. The van der Waals surface area contributed by atoms with Crippen molar-refractivity contribution in [1.29, 1.82) is 0 Å². The van der Waals surface area contributed by atoms with E-state index in [1.807, 2.05) is 24.6 Å². The molecule has 0 saturated heterocycles. The summed E-state index contributed by atoms with van der Waals surface area (Å²) in [4.78, 5) is 3.96. The van der Waals surface area contributed by atoms with Gasteiger partial charge in [-0.05, 0) is 12.8 Å². The van der Waals surface area contributed by atoms with Crippen molar-refractivity contribution in [3.05, 3.63) is 18.7 Å². The lowest BCUT2D eigenvalue weighted by Gasteiger charge is -2.22. The zero-order valence-corrected chi connectivity index (χ0v) is 9.22. The Hall–Kier alpha value is -1.52. The van der Waals surface area contributed by atoms with Gasteiger partial charge in [-0.3, -0.25) is 0 Å². The van der Waals surface area contributed by atoms with E-state index in [1.165, 1.54) is 0 Å². The summed E-state index contributed by atoms with van der Waals surface area (Å²) in [6, 6.07) is 0. The first kappa shape index (κ1) is 11.6. The molecule has 0 amide bonds. The molecule has 0 aliphatic heterocycles. The highest BCUT2D eigenvalue weighted by Crippen LogP contribution is 2.22. The highest BCUT2D eigenvalue weighted by atomic mass is 16.4. The summed E-state index contributed by atoms with van der Waals surface area (Å²) in [6.45, 7) is 4.84. The normalized spacial score (nSPS) is 13.1.